The van der Waals surface area contributed by atoms with Gasteiger partial charge in [0, 0.05) is 39.3 Å². The Bertz CT molecular complexity index is 199. The normalized spacial score (nSPS) is 21.7. The van der Waals surface area contributed by atoms with Crippen molar-refractivity contribution in [3.8, 4) is 0 Å². The highest BCUT2D eigenvalue weighted by molar-refractivity contribution is 4.71. The lowest BCUT2D eigenvalue weighted by molar-refractivity contribution is -0.0452. The summed E-state index contributed by atoms with van der Waals surface area (Å²) in [5, 5.41) is 6.69. The minimum atomic E-state index is 0.200. The average Bonchev–Trinajstić information content (AvgIpc) is 2.42. The molecular formula is C13H30N4O. The third-order valence-corrected chi connectivity index (χ3v) is 3.52. The SMILES string of the molecule is CCN(CC)CCNC1CN(CCNC)CCO1. The summed E-state index contributed by atoms with van der Waals surface area (Å²) >= 11 is 0. The summed E-state index contributed by atoms with van der Waals surface area (Å²) < 4.78 is 5.75. The summed E-state index contributed by atoms with van der Waals surface area (Å²) in [6, 6.07) is 0. The molecule has 0 aliphatic carbocycles. The van der Waals surface area contributed by atoms with Gasteiger partial charge in [0.05, 0.1) is 6.61 Å². The van der Waals surface area contributed by atoms with Crippen molar-refractivity contribution in [2.24, 2.45) is 0 Å². The van der Waals surface area contributed by atoms with Gasteiger partial charge >= 0.3 is 0 Å². The Kier molecular flexibility index (Phi) is 8.54. The number of nitrogens with one attached hydrogen (secondary N) is 2. The summed E-state index contributed by atoms with van der Waals surface area (Å²) in [6.45, 7) is 13.8. The number of hydrogen-bond donors (Lipinski definition) is 2. The largest absolute Gasteiger partial charge is 0.361 e. The van der Waals surface area contributed by atoms with Crippen molar-refractivity contribution in [2.75, 3.05) is 66.0 Å². The van der Waals surface area contributed by atoms with Crippen LogP contribution in [-0.4, -0.2) is 82.0 Å². The topological polar surface area (TPSA) is 39.8 Å². The third-order valence-electron chi connectivity index (χ3n) is 3.52. The van der Waals surface area contributed by atoms with Gasteiger partial charge in [0.1, 0.15) is 6.23 Å². The van der Waals surface area contributed by atoms with E-state index in [1.807, 2.05) is 7.05 Å². The molecule has 0 saturated carbocycles. The van der Waals surface area contributed by atoms with E-state index in [0.29, 0.717) is 0 Å². The first-order valence-corrected chi connectivity index (χ1v) is 7.24. The molecule has 1 saturated heterocycles. The molecule has 18 heavy (non-hydrogen) atoms. The maximum Gasteiger partial charge on any atom is 0.121 e. The Labute approximate surface area is 112 Å². The van der Waals surface area contributed by atoms with E-state index in [4.69, 9.17) is 4.74 Å². The van der Waals surface area contributed by atoms with Crippen molar-refractivity contribution in [1.82, 2.24) is 20.4 Å². The molecular weight excluding hydrogens is 228 g/mol. The van der Waals surface area contributed by atoms with Crippen LogP contribution in [-0.2, 0) is 4.74 Å². The fourth-order valence-electron chi connectivity index (χ4n) is 2.22. The lowest BCUT2D eigenvalue weighted by Crippen LogP contribution is -2.51. The molecule has 0 amide bonds. The van der Waals surface area contributed by atoms with Gasteiger partial charge in [-0.3, -0.25) is 10.2 Å². The fraction of sp³-hybridized carbons (Fsp3) is 1.00. The van der Waals surface area contributed by atoms with E-state index in [-0.39, 0.29) is 6.23 Å². The molecule has 0 spiro atoms. The zero-order valence-corrected chi connectivity index (χ0v) is 12.2. The molecule has 0 aromatic carbocycles. The van der Waals surface area contributed by atoms with Crippen molar-refractivity contribution >= 4 is 0 Å². The Morgan fingerprint density at radius 1 is 1.28 bits per heavy atom. The minimum absolute atomic E-state index is 0.200. The molecule has 1 fully saturated rings. The monoisotopic (exact) mass is 258 g/mol. The maximum absolute atomic E-state index is 5.75. The van der Waals surface area contributed by atoms with Crippen LogP contribution in [0.1, 0.15) is 13.8 Å². The molecule has 108 valence electrons. The van der Waals surface area contributed by atoms with E-state index < -0.39 is 0 Å². The average molecular weight is 258 g/mol. The van der Waals surface area contributed by atoms with E-state index >= 15 is 0 Å². The fourth-order valence-corrected chi connectivity index (χ4v) is 2.22. The Hall–Kier alpha value is -0.200. The number of hydrogen-bond acceptors (Lipinski definition) is 5. The van der Waals surface area contributed by atoms with Crippen molar-refractivity contribution in [3.05, 3.63) is 0 Å². The molecule has 1 heterocycles. The van der Waals surface area contributed by atoms with E-state index in [2.05, 4.69) is 34.3 Å². The zero-order valence-electron chi connectivity index (χ0n) is 12.2. The van der Waals surface area contributed by atoms with Crippen molar-refractivity contribution in [1.29, 1.82) is 0 Å². The van der Waals surface area contributed by atoms with Gasteiger partial charge in [-0.15, -0.1) is 0 Å². The van der Waals surface area contributed by atoms with Crippen LogP contribution in [0.5, 0.6) is 0 Å². The summed E-state index contributed by atoms with van der Waals surface area (Å²) in [6.07, 6.45) is 0.200. The minimum Gasteiger partial charge on any atom is -0.361 e. The van der Waals surface area contributed by atoms with Crippen molar-refractivity contribution < 1.29 is 4.74 Å². The molecule has 5 heteroatoms. The predicted octanol–water partition coefficient (Wildman–Crippen LogP) is -0.204. The summed E-state index contributed by atoms with van der Waals surface area (Å²) in [5.74, 6) is 0. The first kappa shape index (κ1) is 15.9. The first-order valence-electron chi connectivity index (χ1n) is 7.24. The van der Waals surface area contributed by atoms with Gasteiger partial charge in [0.25, 0.3) is 0 Å². The number of ether oxygens (including phenoxy) is 1. The van der Waals surface area contributed by atoms with Crippen LogP contribution in [0.3, 0.4) is 0 Å². The molecule has 2 N–H and O–H groups in total. The van der Waals surface area contributed by atoms with Gasteiger partial charge in [-0.1, -0.05) is 13.8 Å². The summed E-state index contributed by atoms with van der Waals surface area (Å²) in [5.41, 5.74) is 0. The number of rotatable bonds is 9. The van der Waals surface area contributed by atoms with Crippen LogP contribution in [0.25, 0.3) is 0 Å². The smallest absolute Gasteiger partial charge is 0.121 e. The first-order chi connectivity index (χ1) is 8.80. The molecule has 1 atom stereocenters. The molecule has 0 aromatic rings. The second-order valence-corrected chi connectivity index (χ2v) is 4.74. The summed E-state index contributed by atoms with van der Waals surface area (Å²) in [4.78, 5) is 4.88. The molecule has 1 aliphatic heterocycles. The van der Waals surface area contributed by atoms with E-state index in [9.17, 15) is 0 Å². The van der Waals surface area contributed by atoms with Crippen LogP contribution < -0.4 is 10.6 Å². The molecule has 1 rings (SSSR count). The molecule has 1 aliphatic rings. The van der Waals surface area contributed by atoms with Crippen LogP contribution >= 0.6 is 0 Å². The van der Waals surface area contributed by atoms with Gasteiger partial charge in [-0.2, -0.15) is 0 Å². The third kappa shape index (κ3) is 6.11. The van der Waals surface area contributed by atoms with Crippen LogP contribution in [0.2, 0.25) is 0 Å². The molecule has 0 bridgehead atoms. The molecule has 0 radical (unpaired) electrons. The van der Waals surface area contributed by atoms with Crippen molar-refractivity contribution in [3.63, 3.8) is 0 Å². The summed E-state index contributed by atoms with van der Waals surface area (Å²) in [7, 11) is 2.00. The van der Waals surface area contributed by atoms with Crippen LogP contribution in [0.4, 0.5) is 0 Å². The Morgan fingerprint density at radius 2 is 2.06 bits per heavy atom. The van der Waals surface area contributed by atoms with Crippen molar-refractivity contribution in [2.45, 2.75) is 20.1 Å². The van der Waals surface area contributed by atoms with Gasteiger partial charge in [0.2, 0.25) is 0 Å². The number of nitrogens with zero attached hydrogens (tertiary/aromatic N) is 2. The van der Waals surface area contributed by atoms with Gasteiger partial charge in [-0.05, 0) is 20.1 Å². The highest BCUT2D eigenvalue weighted by Gasteiger charge is 2.19. The van der Waals surface area contributed by atoms with Gasteiger partial charge in [-0.25, -0.2) is 0 Å². The number of likely N-dealkylation sites (N-methyl/N-ethyl adjacent to an activating group) is 2. The maximum atomic E-state index is 5.75. The molecule has 5 nitrogen and oxygen atoms in total. The quantitative estimate of drug-likeness (QED) is 0.599. The number of morpholine rings is 1. The Morgan fingerprint density at radius 3 is 2.72 bits per heavy atom. The van der Waals surface area contributed by atoms with Gasteiger partial charge < -0.3 is 15.0 Å². The van der Waals surface area contributed by atoms with E-state index in [1.54, 1.807) is 0 Å². The zero-order chi connectivity index (χ0) is 13.2. The van der Waals surface area contributed by atoms with E-state index in [0.717, 1.165) is 59.0 Å². The highest BCUT2D eigenvalue weighted by atomic mass is 16.5. The van der Waals surface area contributed by atoms with Gasteiger partial charge in [0.15, 0.2) is 0 Å². The lowest BCUT2D eigenvalue weighted by Gasteiger charge is -2.33. The van der Waals surface area contributed by atoms with E-state index in [1.165, 1.54) is 0 Å². The lowest BCUT2D eigenvalue weighted by atomic mass is 10.3. The highest BCUT2D eigenvalue weighted by Crippen LogP contribution is 2.01. The second-order valence-electron chi connectivity index (χ2n) is 4.74. The predicted molar refractivity (Wildman–Crippen MR) is 75.9 cm³/mol. The molecule has 0 aromatic heterocycles. The van der Waals surface area contributed by atoms with Crippen LogP contribution in [0.15, 0.2) is 0 Å². The Balaban J connectivity index is 2.13. The molecule has 1 unspecified atom stereocenters. The second kappa shape index (κ2) is 9.69. The van der Waals surface area contributed by atoms with Crippen LogP contribution in [0, 0.1) is 0 Å². The standard InChI is InChI=1S/C13H30N4O/c1-4-16(5-2)9-7-15-13-12-17(8-6-14-3)10-11-18-13/h13-15H,4-12H2,1-3H3.